The van der Waals surface area contributed by atoms with Crippen molar-refractivity contribution in [3.05, 3.63) is 39.7 Å². The molecule has 0 amide bonds. The molecule has 0 bridgehead atoms. The van der Waals surface area contributed by atoms with Gasteiger partial charge in [-0.25, -0.2) is 4.68 Å². The number of nitrogens with zero attached hydrogens (tertiary/aromatic N) is 3. The van der Waals surface area contributed by atoms with Gasteiger partial charge in [-0.2, -0.15) is 0 Å². The zero-order valence-electron chi connectivity index (χ0n) is 7.19. The molecule has 5 heteroatoms. The Morgan fingerprint density at radius 2 is 2.14 bits per heavy atom. The van der Waals surface area contributed by atoms with Crippen molar-refractivity contribution in [2.45, 2.75) is 5.33 Å². The maximum absolute atomic E-state index is 4.05. The van der Waals surface area contributed by atoms with E-state index in [2.05, 4.69) is 54.9 Å². The summed E-state index contributed by atoms with van der Waals surface area (Å²) in [6, 6.07) is 8.09. The second-order valence-corrected chi connectivity index (χ2v) is 4.45. The third-order valence-corrected chi connectivity index (χ3v) is 3.32. The minimum atomic E-state index is 0.755. The highest BCUT2D eigenvalue weighted by molar-refractivity contribution is 14.1. The smallest absolute Gasteiger partial charge is 0.0800 e. The number of para-hydroxylation sites is 1. The molecule has 1 aromatic carbocycles. The molecule has 0 aliphatic carbocycles. The van der Waals surface area contributed by atoms with Gasteiger partial charge in [0.15, 0.2) is 0 Å². The van der Waals surface area contributed by atoms with E-state index >= 15 is 0 Å². The van der Waals surface area contributed by atoms with Crippen LogP contribution in [0.5, 0.6) is 0 Å². The van der Waals surface area contributed by atoms with E-state index in [-0.39, 0.29) is 0 Å². The average molecular weight is 364 g/mol. The lowest BCUT2D eigenvalue weighted by atomic mass is 10.3. The maximum atomic E-state index is 4.05. The van der Waals surface area contributed by atoms with Crippen LogP contribution in [0.3, 0.4) is 0 Å². The van der Waals surface area contributed by atoms with Crippen LogP contribution in [0, 0.1) is 3.57 Å². The highest BCUT2D eigenvalue weighted by atomic mass is 127. The van der Waals surface area contributed by atoms with Crippen molar-refractivity contribution in [1.29, 1.82) is 0 Å². The van der Waals surface area contributed by atoms with Gasteiger partial charge in [0.1, 0.15) is 0 Å². The van der Waals surface area contributed by atoms with Crippen molar-refractivity contribution in [3.63, 3.8) is 0 Å². The Balaban J connectivity index is 2.54. The van der Waals surface area contributed by atoms with E-state index in [1.54, 1.807) is 6.20 Å². The molecule has 0 radical (unpaired) electrons. The zero-order valence-corrected chi connectivity index (χ0v) is 10.9. The third-order valence-electron chi connectivity index (χ3n) is 1.84. The van der Waals surface area contributed by atoms with E-state index < -0.39 is 0 Å². The standard InChI is InChI=1S/C9H7BrIN3/c10-5-7-6-12-13-14(7)9-4-2-1-3-8(9)11/h1-4,6H,5H2. The summed E-state index contributed by atoms with van der Waals surface area (Å²) in [5.74, 6) is 0. The summed E-state index contributed by atoms with van der Waals surface area (Å²) in [6.07, 6.45) is 1.76. The average Bonchev–Trinajstić information content (AvgIpc) is 2.66. The topological polar surface area (TPSA) is 30.7 Å². The molecule has 72 valence electrons. The molecule has 0 N–H and O–H groups in total. The first kappa shape index (κ1) is 10.1. The quantitative estimate of drug-likeness (QED) is 0.606. The van der Waals surface area contributed by atoms with E-state index in [0.29, 0.717) is 0 Å². The fourth-order valence-electron chi connectivity index (χ4n) is 1.17. The maximum Gasteiger partial charge on any atom is 0.0800 e. The monoisotopic (exact) mass is 363 g/mol. The molecule has 2 rings (SSSR count). The van der Waals surface area contributed by atoms with Crippen LogP contribution < -0.4 is 0 Å². The first-order valence-electron chi connectivity index (χ1n) is 4.03. The molecule has 2 aromatic rings. The summed E-state index contributed by atoms with van der Waals surface area (Å²) in [4.78, 5) is 0. The zero-order chi connectivity index (χ0) is 9.97. The van der Waals surface area contributed by atoms with Crippen LogP contribution in [0.4, 0.5) is 0 Å². The Morgan fingerprint density at radius 1 is 1.36 bits per heavy atom. The summed E-state index contributed by atoms with van der Waals surface area (Å²) in [6.45, 7) is 0. The van der Waals surface area contributed by atoms with Gasteiger partial charge in [-0.1, -0.05) is 33.3 Å². The van der Waals surface area contributed by atoms with Gasteiger partial charge >= 0.3 is 0 Å². The van der Waals surface area contributed by atoms with E-state index in [1.165, 1.54) is 0 Å². The lowest BCUT2D eigenvalue weighted by Gasteiger charge is -2.05. The van der Waals surface area contributed by atoms with E-state index in [4.69, 9.17) is 0 Å². The minimum Gasteiger partial charge on any atom is -0.216 e. The Labute approximate surface area is 104 Å². The fraction of sp³-hybridized carbons (Fsp3) is 0.111. The first-order valence-corrected chi connectivity index (χ1v) is 6.23. The molecule has 1 heterocycles. The Bertz CT molecular complexity index is 441. The van der Waals surface area contributed by atoms with Crippen LogP contribution in [0.2, 0.25) is 0 Å². The Kier molecular flexibility index (Phi) is 3.17. The number of aromatic nitrogens is 3. The fourth-order valence-corrected chi connectivity index (χ4v) is 2.17. The molecule has 0 saturated carbocycles. The van der Waals surface area contributed by atoms with Crippen LogP contribution in [0.25, 0.3) is 5.69 Å². The molecule has 0 fully saturated rings. The normalized spacial score (nSPS) is 10.4. The Morgan fingerprint density at radius 3 is 2.86 bits per heavy atom. The van der Waals surface area contributed by atoms with E-state index in [9.17, 15) is 0 Å². The van der Waals surface area contributed by atoms with Crippen LogP contribution in [0.15, 0.2) is 30.5 Å². The van der Waals surface area contributed by atoms with Crippen molar-refractivity contribution < 1.29 is 0 Å². The minimum absolute atomic E-state index is 0.755. The predicted molar refractivity (Wildman–Crippen MR) is 66.7 cm³/mol. The third kappa shape index (κ3) is 1.83. The number of halogens is 2. The van der Waals surface area contributed by atoms with Gasteiger partial charge in [-0.3, -0.25) is 0 Å². The predicted octanol–water partition coefficient (Wildman–Crippen LogP) is 2.77. The lowest BCUT2D eigenvalue weighted by molar-refractivity contribution is 0.780. The summed E-state index contributed by atoms with van der Waals surface area (Å²) in [5.41, 5.74) is 2.12. The summed E-state index contributed by atoms with van der Waals surface area (Å²) < 4.78 is 3.01. The highest BCUT2D eigenvalue weighted by Gasteiger charge is 2.06. The molecular formula is C9H7BrIN3. The van der Waals surface area contributed by atoms with E-state index in [1.807, 2.05) is 22.9 Å². The van der Waals surface area contributed by atoms with Crippen LogP contribution in [0.1, 0.15) is 5.69 Å². The van der Waals surface area contributed by atoms with Crippen molar-refractivity contribution >= 4 is 38.5 Å². The van der Waals surface area contributed by atoms with Gasteiger partial charge in [0.2, 0.25) is 0 Å². The number of rotatable bonds is 2. The number of hydrogen-bond acceptors (Lipinski definition) is 2. The molecule has 0 spiro atoms. The van der Waals surface area contributed by atoms with Gasteiger partial charge in [0.25, 0.3) is 0 Å². The van der Waals surface area contributed by atoms with Crippen molar-refractivity contribution in [1.82, 2.24) is 15.0 Å². The van der Waals surface area contributed by atoms with E-state index in [0.717, 1.165) is 20.3 Å². The Hall–Kier alpha value is -0.430. The number of alkyl halides is 1. The molecule has 0 saturated heterocycles. The molecule has 0 aliphatic rings. The number of hydrogen-bond donors (Lipinski definition) is 0. The first-order chi connectivity index (χ1) is 6.83. The van der Waals surface area contributed by atoms with Crippen LogP contribution in [-0.4, -0.2) is 15.0 Å². The summed E-state index contributed by atoms with van der Waals surface area (Å²) >= 11 is 5.70. The van der Waals surface area contributed by atoms with Gasteiger partial charge < -0.3 is 0 Å². The second kappa shape index (κ2) is 4.39. The van der Waals surface area contributed by atoms with Crippen molar-refractivity contribution in [2.24, 2.45) is 0 Å². The van der Waals surface area contributed by atoms with Crippen molar-refractivity contribution in [3.8, 4) is 5.69 Å². The number of benzene rings is 1. The van der Waals surface area contributed by atoms with Gasteiger partial charge in [-0.05, 0) is 34.7 Å². The molecule has 1 aromatic heterocycles. The van der Waals surface area contributed by atoms with Gasteiger partial charge in [-0.15, -0.1) is 5.10 Å². The molecule has 3 nitrogen and oxygen atoms in total. The second-order valence-electron chi connectivity index (χ2n) is 2.72. The molecule has 0 atom stereocenters. The van der Waals surface area contributed by atoms with Gasteiger partial charge in [0, 0.05) is 8.90 Å². The highest BCUT2D eigenvalue weighted by Crippen LogP contribution is 2.17. The van der Waals surface area contributed by atoms with Gasteiger partial charge in [0.05, 0.1) is 17.6 Å². The molecule has 0 unspecified atom stereocenters. The summed E-state index contributed by atoms with van der Waals surface area (Å²) in [5, 5.41) is 8.69. The van der Waals surface area contributed by atoms with Crippen molar-refractivity contribution in [2.75, 3.05) is 0 Å². The van der Waals surface area contributed by atoms with Crippen LogP contribution in [-0.2, 0) is 5.33 Å². The largest absolute Gasteiger partial charge is 0.216 e. The lowest BCUT2D eigenvalue weighted by Crippen LogP contribution is -2.02. The molecule has 0 aliphatic heterocycles. The molecular weight excluding hydrogens is 357 g/mol. The summed E-state index contributed by atoms with van der Waals surface area (Å²) in [7, 11) is 0. The SMILES string of the molecule is BrCc1cnnn1-c1ccccc1I. The van der Waals surface area contributed by atoms with Crippen LogP contribution >= 0.6 is 38.5 Å². The molecule has 14 heavy (non-hydrogen) atoms.